The summed E-state index contributed by atoms with van der Waals surface area (Å²) in [6.07, 6.45) is 0.181. The molecule has 0 saturated heterocycles. The fourth-order valence-corrected chi connectivity index (χ4v) is 1.90. The number of hydrogen-bond acceptors (Lipinski definition) is 4. The zero-order valence-corrected chi connectivity index (χ0v) is 11.5. The van der Waals surface area contributed by atoms with Gasteiger partial charge < -0.3 is 5.11 Å². The lowest BCUT2D eigenvalue weighted by atomic mass is 10.0. The number of carboxylic acid groups (broad SMARTS) is 1. The number of rotatable bonds is 5. The summed E-state index contributed by atoms with van der Waals surface area (Å²) < 4.78 is 27.5. The second-order valence-corrected chi connectivity index (χ2v) is 4.83. The van der Waals surface area contributed by atoms with Crippen molar-refractivity contribution in [3.8, 4) is 0 Å². The molecular weight excluding hydrogens is 282 g/mol. The maximum Gasteiger partial charge on any atom is 0.308 e. The van der Waals surface area contributed by atoms with E-state index in [1.54, 1.807) is 13.8 Å². The molecule has 1 heterocycles. The van der Waals surface area contributed by atoms with Gasteiger partial charge in [0.1, 0.15) is 0 Å². The van der Waals surface area contributed by atoms with Crippen LogP contribution in [-0.4, -0.2) is 31.3 Å². The summed E-state index contributed by atoms with van der Waals surface area (Å²) >= 11 is 0. The highest BCUT2D eigenvalue weighted by Crippen LogP contribution is 2.19. The van der Waals surface area contributed by atoms with Crippen LogP contribution in [0.4, 0.5) is 8.78 Å². The molecule has 0 radical (unpaired) electrons. The molecule has 0 aliphatic carbocycles. The van der Waals surface area contributed by atoms with E-state index in [1.807, 2.05) is 0 Å². The number of hydrogen-bond donors (Lipinski definition) is 1. The molecule has 1 aromatic carbocycles. The molecule has 0 aliphatic rings. The number of benzene rings is 1. The Balaban J connectivity index is 2.24. The summed E-state index contributed by atoms with van der Waals surface area (Å²) in [5.74, 6) is -3.12. The molecule has 2 rings (SSSR count). The second kappa shape index (κ2) is 5.94. The normalized spacial score (nSPS) is 13.9. The third-order valence-corrected chi connectivity index (χ3v) is 3.41. The van der Waals surface area contributed by atoms with Crippen molar-refractivity contribution in [2.75, 3.05) is 0 Å². The van der Waals surface area contributed by atoms with Crippen molar-refractivity contribution in [2.45, 2.75) is 26.3 Å². The summed E-state index contributed by atoms with van der Waals surface area (Å²) in [4.78, 5) is 11.0. The molecular formula is C13H14F2N4O2. The van der Waals surface area contributed by atoms with Crippen LogP contribution in [0.25, 0.3) is 0 Å². The van der Waals surface area contributed by atoms with Crippen LogP contribution in [0.3, 0.4) is 0 Å². The second-order valence-electron chi connectivity index (χ2n) is 4.83. The smallest absolute Gasteiger partial charge is 0.308 e. The Labute approximate surface area is 119 Å². The van der Waals surface area contributed by atoms with Crippen LogP contribution >= 0.6 is 0 Å². The first-order chi connectivity index (χ1) is 9.90. The Morgan fingerprint density at radius 2 is 2.05 bits per heavy atom. The van der Waals surface area contributed by atoms with Crippen molar-refractivity contribution >= 4 is 5.97 Å². The Morgan fingerprint density at radius 3 is 2.67 bits per heavy atom. The lowest BCUT2D eigenvalue weighted by Crippen LogP contribution is -2.24. The van der Waals surface area contributed by atoms with Crippen LogP contribution < -0.4 is 0 Å². The van der Waals surface area contributed by atoms with Gasteiger partial charge in [0.05, 0.1) is 12.0 Å². The van der Waals surface area contributed by atoms with Crippen molar-refractivity contribution < 1.29 is 18.7 Å². The molecule has 2 unspecified atom stereocenters. The largest absolute Gasteiger partial charge is 0.481 e. The van der Waals surface area contributed by atoms with E-state index in [0.29, 0.717) is 11.4 Å². The van der Waals surface area contributed by atoms with Gasteiger partial charge in [0.15, 0.2) is 17.5 Å². The highest BCUT2D eigenvalue weighted by atomic mass is 19.2. The molecule has 0 aliphatic heterocycles. The molecule has 21 heavy (non-hydrogen) atoms. The van der Waals surface area contributed by atoms with E-state index in [2.05, 4.69) is 15.5 Å². The summed E-state index contributed by atoms with van der Waals surface area (Å²) in [5, 5.41) is 20.1. The quantitative estimate of drug-likeness (QED) is 0.910. The van der Waals surface area contributed by atoms with E-state index >= 15 is 0 Å². The summed E-state index contributed by atoms with van der Waals surface area (Å²) in [6, 6.07) is 3.07. The summed E-state index contributed by atoms with van der Waals surface area (Å²) in [7, 11) is 0. The SMILES string of the molecule is CC(C(=O)O)C(C)n1nnnc1Cc1ccc(F)c(F)c1. The molecule has 1 N–H and O–H groups in total. The van der Waals surface area contributed by atoms with Crippen LogP contribution in [0, 0.1) is 17.6 Å². The van der Waals surface area contributed by atoms with Crippen molar-refractivity contribution in [3.63, 3.8) is 0 Å². The van der Waals surface area contributed by atoms with E-state index in [1.165, 1.54) is 10.7 Å². The lowest BCUT2D eigenvalue weighted by Gasteiger charge is -2.17. The third-order valence-electron chi connectivity index (χ3n) is 3.41. The van der Waals surface area contributed by atoms with Gasteiger partial charge in [-0.05, 0) is 42.0 Å². The third kappa shape index (κ3) is 3.21. The number of halogens is 2. The molecule has 0 amide bonds. The monoisotopic (exact) mass is 296 g/mol. The number of aliphatic carboxylic acids is 1. The van der Waals surface area contributed by atoms with Gasteiger partial charge in [-0.1, -0.05) is 6.07 Å². The minimum absolute atomic E-state index is 0.181. The van der Waals surface area contributed by atoms with Crippen LogP contribution in [0.1, 0.15) is 31.3 Å². The van der Waals surface area contributed by atoms with Crippen molar-refractivity contribution in [3.05, 3.63) is 41.2 Å². The van der Waals surface area contributed by atoms with Gasteiger partial charge in [-0.2, -0.15) is 0 Å². The van der Waals surface area contributed by atoms with E-state index in [9.17, 15) is 13.6 Å². The zero-order chi connectivity index (χ0) is 15.6. The average Bonchev–Trinajstić information content (AvgIpc) is 2.89. The first-order valence-corrected chi connectivity index (χ1v) is 6.33. The summed E-state index contributed by atoms with van der Waals surface area (Å²) in [5.41, 5.74) is 0.500. The topological polar surface area (TPSA) is 80.9 Å². The first kappa shape index (κ1) is 15.0. The molecule has 8 heteroatoms. The van der Waals surface area contributed by atoms with Crippen LogP contribution in [0.5, 0.6) is 0 Å². The van der Waals surface area contributed by atoms with E-state index < -0.39 is 29.6 Å². The number of carbonyl (C=O) groups is 1. The molecule has 0 spiro atoms. The fourth-order valence-electron chi connectivity index (χ4n) is 1.90. The number of nitrogens with zero attached hydrogens (tertiary/aromatic N) is 4. The van der Waals surface area contributed by atoms with Gasteiger partial charge in [0.2, 0.25) is 0 Å². The van der Waals surface area contributed by atoms with Crippen LogP contribution in [0.15, 0.2) is 18.2 Å². The maximum absolute atomic E-state index is 13.2. The number of carboxylic acids is 1. The fraction of sp³-hybridized carbons (Fsp3) is 0.385. The van der Waals surface area contributed by atoms with E-state index in [0.717, 1.165) is 12.1 Å². The van der Waals surface area contributed by atoms with E-state index in [-0.39, 0.29) is 6.42 Å². The molecule has 0 fully saturated rings. The van der Waals surface area contributed by atoms with Gasteiger partial charge in [0.25, 0.3) is 0 Å². The number of tetrazole rings is 1. The minimum Gasteiger partial charge on any atom is -0.481 e. The van der Waals surface area contributed by atoms with Gasteiger partial charge in [-0.15, -0.1) is 5.10 Å². The molecule has 0 saturated carbocycles. The Kier molecular flexibility index (Phi) is 4.25. The molecule has 6 nitrogen and oxygen atoms in total. The summed E-state index contributed by atoms with van der Waals surface area (Å²) in [6.45, 7) is 3.24. The van der Waals surface area contributed by atoms with Gasteiger partial charge in [-0.3, -0.25) is 4.79 Å². The average molecular weight is 296 g/mol. The molecule has 112 valence electrons. The van der Waals surface area contributed by atoms with Crippen molar-refractivity contribution in [1.29, 1.82) is 0 Å². The molecule has 0 bridgehead atoms. The van der Waals surface area contributed by atoms with Crippen molar-refractivity contribution in [1.82, 2.24) is 20.2 Å². The number of aromatic nitrogens is 4. The van der Waals surface area contributed by atoms with Crippen LogP contribution in [0.2, 0.25) is 0 Å². The van der Waals surface area contributed by atoms with Crippen LogP contribution in [-0.2, 0) is 11.2 Å². The van der Waals surface area contributed by atoms with Gasteiger partial charge >= 0.3 is 5.97 Å². The lowest BCUT2D eigenvalue weighted by molar-refractivity contribution is -0.142. The Bertz CT molecular complexity index is 659. The Hall–Kier alpha value is -2.38. The van der Waals surface area contributed by atoms with E-state index in [4.69, 9.17) is 5.11 Å². The molecule has 2 aromatic rings. The van der Waals surface area contributed by atoms with Crippen molar-refractivity contribution in [2.24, 2.45) is 5.92 Å². The Morgan fingerprint density at radius 1 is 1.33 bits per heavy atom. The van der Waals surface area contributed by atoms with Gasteiger partial charge in [0, 0.05) is 6.42 Å². The molecule has 2 atom stereocenters. The highest BCUT2D eigenvalue weighted by Gasteiger charge is 2.24. The standard InChI is InChI=1S/C13H14F2N4O2/c1-7(13(20)21)8(2)19-12(16-17-18-19)6-9-3-4-10(14)11(15)5-9/h3-5,7-8H,6H2,1-2H3,(H,20,21). The highest BCUT2D eigenvalue weighted by molar-refractivity contribution is 5.70. The van der Waals surface area contributed by atoms with Gasteiger partial charge in [-0.25, -0.2) is 13.5 Å². The zero-order valence-electron chi connectivity index (χ0n) is 11.5. The predicted molar refractivity (Wildman–Crippen MR) is 68.5 cm³/mol. The predicted octanol–water partition coefficient (Wildman–Crippen LogP) is 1.82. The minimum atomic E-state index is -0.961. The molecule has 1 aromatic heterocycles. The first-order valence-electron chi connectivity index (χ1n) is 6.33. The maximum atomic E-state index is 13.2.